The third-order valence-electron chi connectivity index (χ3n) is 5.10. The molecule has 0 saturated carbocycles. The van der Waals surface area contributed by atoms with Gasteiger partial charge in [0.1, 0.15) is 11.5 Å². The summed E-state index contributed by atoms with van der Waals surface area (Å²) >= 11 is 0. The van der Waals surface area contributed by atoms with Gasteiger partial charge < -0.3 is 19.3 Å². The first-order chi connectivity index (χ1) is 13.4. The van der Waals surface area contributed by atoms with Gasteiger partial charge in [-0.25, -0.2) is 0 Å². The average molecular weight is 380 g/mol. The molecule has 0 atom stereocenters. The van der Waals surface area contributed by atoms with Crippen LogP contribution in [0.15, 0.2) is 47.3 Å². The lowest BCUT2D eigenvalue weighted by Crippen LogP contribution is -2.31. The minimum absolute atomic E-state index is 0.107. The molecule has 6 nitrogen and oxygen atoms in total. The largest absolute Gasteiger partial charge is 0.507 e. The predicted molar refractivity (Wildman–Crippen MR) is 110 cm³/mol. The minimum Gasteiger partial charge on any atom is -0.507 e. The van der Waals surface area contributed by atoms with Crippen LogP contribution in [0.3, 0.4) is 0 Å². The van der Waals surface area contributed by atoms with E-state index in [9.17, 15) is 14.7 Å². The summed E-state index contributed by atoms with van der Waals surface area (Å²) in [5, 5.41) is 11.5. The number of likely N-dealkylation sites (N-methyl/N-ethyl adjacent to an activating group) is 1. The van der Waals surface area contributed by atoms with Gasteiger partial charge in [0.2, 0.25) is 5.91 Å². The second-order valence-corrected chi connectivity index (χ2v) is 6.69. The van der Waals surface area contributed by atoms with Crippen molar-refractivity contribution in [2.24, 2.45) is 7.05 Å². The number of hydrogen-bond donors (Lipinski definition) is 1. The Morgan fingerprint density at radius 2 is 1.93 bits per heavy atom. The molecule has 1 aromatic heterocycles. The summed E-state index contributed by atoms with van der Waals surface area (Å²) in [7, 11) is 4.85. The van der Waals surface area contributed by atoms with Crippen LogP contribution in [0.1, 0.15) is 18.1 Å². The third kappa shape index (κ3) is 3.33. The Kier molecular flexibility index (Phi) is 5.40. The molecule has 0 unspecified atom stereocenters. The minimum atomic E-state index is -0.370. The smallest absolute Gasteiger partial charge is 0.258 e. The molecule has 1 heterocycles. The van der Waals surface area contributed by atoms with Crippen molar-refractivity contribution in [3.05, 3.63) is 63.9 Å². The Bertz CT molecular complexity index is 1100. The second kappa shape index (κ2) is 7.76. The molecule has 0 bridgehead atoms. The van der Waals surface area contributed by atoms with Crippen LogP contribution in [-0.4, -0.2) is 29.7 Å². The molecule has 2 aromatic carbocycles. The molecule has 146 valence electrons. The van der Waals surface area contributed by atoms with Crippen molar-refractivity contribution in [2.75, 3.05) is 19.1 Å². The van der Waals surface area contributed by atoms with E-state index < -0.39 is 0 Å². The molecule has 0 aliphatic heterocycles. The van der Waals surface area contributed by atoms with Crippen molar-refractivity contribution in [3.8, 4) is 11.5 Å². The first-order valence-corrected chi connectivity index (χ1v) is 9.12. The lowest BCUT2D eigenvalue weighted by atomic mass is 10.0. The number of benzene rings is 2. The van der Waals surface area contributed by atoms with Crippen LogP contribution in [-0.2, 0) is 24.7 Å². The van der Waals surface area contributed by atoms with Crippen LogP contribution in [0, 0.1) is 0 Å². The maximum Gasteiger partial charge on any atom is 0.258 e. The Balaban J connectivity index is 2.04. The summed E-state index contributed by atoms with van der Waals surface area (Å²) in [6, 6.07) is 12.7. The number of pyridine rings is 1. The number of anilines is 1. The van der Waals surface area contributed by atoms with E-state index in [0.717, 1.165) is 5.56 Å². The zero-order valence-electron chi connectivity index (χ0n) is 16.5. The van der Waals surface area contributed by atoms with E-state index in [1.54, 1.807) is 51.5 Å². The Hall–Kier alpha value is -3.28. The van der Waals surface area contributed by atoms with Gasteiger partial charge in [0, 0.05) is 31.2 Å². The van der Waals surface area contributed by atoms with Gasteiger partial charge in [0.15, 0.2) is 0 Å². The van der Waals surface area contributed by atoms with Gasteiger partial charge >= 0.3 is 0 Å². The molecule has 0 aliphatic carbocycles. The van der Waals surface area contributed by atoms with E-state index in [0.29, 0.717) is 28.8 Å². The molecule has 0 radical (unpaired) electrons. The van der Waals surface area contributed by atoms with Crippen LogP contribution >= 0.6 is 0 Å². The fourth-order valence-electron chi connectivity index (χ4n) is 3.39. The summed E-state index contributed by atoms with van der Waals surface area (Å²) in [6.07, 6.45) is 0.514. The average Bonchev–Trinajstić information content (AvgIpc) is 2.73. The quantitative estimate of drug-likeness (QED) is 0.739. The van der Waals surface area contributed by atoms with Gasteiger partial charge in [-0.2, -0.15) is 0 Å². The van der Waals surface area contributed by atoms with Crippen molar-refractivity contribution in [1.29, 1.82) is 0 Å². The van der Waals surface area contributed by atoms with Gasteiger partial charge in [0.25, 0.3) is 5.56 Å². The number of nitrogens with zero attached hydrogens (tertiary/aromatic N) is 2. The highest BCUT2D eigenvalue weighted by molar-refractivity contribution is 5.96. The summed E-state index contributed by atoms with van der Waals surface area (Å²) < 4.78 is 6.69. The van der Waals surface area contributed by atoms with Crippen LogP contribution in [0.5, 0.6) is 11.5 Å². The van der Waals surface area contributed by atoms with Gasteiger partial charge in [0.05, 0.1) is 24.6 Å². The maximum atomic E-state index is 12.8. The first kappa shape index (κ1) is 19.5. The molecule has 28 heavy (non-hydrogen) atoms. The summed E-state index contributed by atoms with van der Waals surface area (Å²) in [6.45, 7) is 1.99. The third-order valence-corrected chi connectivity index (χ3v) is 5.10. The summed E-state index contributed by atoms with van der Waals surface area (Å²) in [5.41, 5.74) is 1.97. The zero-order valence-corrected chi connectivity index (χ0v) is 16.5. The normalized spacial score (nSPS) is 10.9. The number of hydrogen-bond acceptors (Lipinski definition) is 4. The number of aromatic hydroxyl groups is 1. The lowest BCUT2D eigenvalue weighted by Gasteiger charge is -2.19. The zero-order chi connectivity index (χ0) is 20.4. The number of aromatic nitrogens is 1. The van der Waals surface area contributed by atoms with Crippen molar-refractivity contribution in [2.45, 2.75) is 19.8 Å². The maximum absolute atomic E-state index is 12.8. The van der Waals surface area contributed by atoms with Gasteiger partial charge in [-0.15, -0.1) is 0 Å². The Labute approximate surface area is 163 Å². The fourth-order valence-corrected chi connectivity index (χ4v) is 3.39. The Morgan fingerprint density at radius 3 is 2.61 bits per heavy atom. The molecule has 0 spiro atoms. The van der Waals surface area contributed by atoms with E-state index in [-0.39, 0.29) is 29.2 Å². The first-order valence-electron chi connectivity index (χ1n) is 9.12. The monoisotopic (exact) mass is 380 g/mol. The van der Waals surface area contributed by atoms with E-state index >= 15 is 0 Å². The van der Waals surface area contributed by atoms with Crippen LogP contribution in [0.2, 0.25) is 0 Å². The molecule has 3 rings (SSSR count). The van der Waals surface area contributed by atoms with E-state index in [1.165, 1.54) is 9.47 Å². The van der Waals surface area contributed by atoms with Crippen molar-refractivity contribution in [3.63, 3.8) is 0 Å². The van der Waals surface area contributed by atoms with Gasteiger partial charge in [-0.1, -0.05) is 25.1 Å². The van der Waals surface area contributed by atoms with Crippen LogP contribution < -0.4 is 15.2 Å². The molecule has 1 amide bonds. The summed E-state index contributed by atoms with van der Waals surface area (Å²) in [4.78, 5) is 27.1. The second-order valence-electron chi connectivity index (χ2n) is 6.69. The van der Waals surface area contributed by atoms with E-state index in [1.807, 2.05) is 19.1 Å². The highest BCUT2D eigenvalue weighted by Crippen LogP contribution is 2.30. The molecular weight excluding hydrogens is 356 g/mol. The molecule has 0 aliphatic rings. The molecular formula is C22H24N2O4. The standard InChI is InChI=1S/C22H24N2O4/c1-5-14-8-6-11-18-20(14)21(26)17(22(27)24(18)3)13-19(25)23(2)15-9-7-10-16(12-15)28-4/h6-12,26H,5,13H2,1-4H3. The van der Waals surface area contributed by atoms with Crippen molar-refractivity contribution < 1.29 is 14.6 Å². The number of amides is 1. The van der Waals surface area contributed by atoms with E-state index in [2.05, 4.69) is 0 Å². The van der Waals surface area contributed by atoms with Gasteiger partial charge in [-0.3, -0.25) is 9.59 Å². The SMILES string of the molecule is CCc1cccc2c1c(O)c(CC(=O)N(C)c1cccc(OC)c1)c(=O)n2C. The lowest BCUT2D eigenvalue weighted by molar-refractivity contribution is -0.117. The number of fused-ring (bicyclic) bond motifs is 1. The molecule has 6 heteroatoms. The van der Waals surface area contributed by atoms with Crippen molar-refractivity contribution >= 4 is 22.5 Å². The highest BCUT2D eigenvalue weighted by atomic mass is 16.5. The summed E-state index contributed by atoms with van der Waals surface area (Å²) in [5.74, 6) is 0.228. The molecule has 1 N–H and O–H groups in total. The van der Waals surface area contributed by atoms with Gasteiger partial charge in [-0.05, 0) is 30.2 Å². The topological polar surface area (TPSA) is 71.8 Å². The molecule has 0 saturated heterocycles. The van der Waals surface area contributed by atoms with Crippen LogP contribution in [0.25, 0.3) is 10.9 Å². The Morgan fingerprint density at radius 1 is 1.21 bits per heavy atom. The molecule has 3 aromatic rings. The number of carbonyl (C=O) groups is 1. The number of methoxy groups -OCH3 is 1. The number of aryl methyl sites for hydroxylation is 2. The number of rotatable bonds is 5. The predicted octanol–water partition coefficient (Wildman–Crippen LogP) is 3.02. The van der Waals surface area contributed by atoms with E-state index in [4.69, 9.17) is 4.74 Å². The number of carbonyl (C=O) groups excluding carboxylic acids is 1. The number of ether oxygens (including phenoxy) is 1. The molecule has 0 fully saturated rings. The fraction of sp³-hybridized carbons (Fsp3) is 0.273. The highest BCUT2D eigenvalue weighted by Gasteiger charge is 2.21. The van der Waals surface area contributed by atoms with Crippen LogP contribution in [0.4, 0.5) is 5.69 Å². The van der Waals surface area contributed by atoms with Crippen molar-refractivity contribution in [1.82, 2.24) is 4.57 Å².